The molecule has 6 heteroatoms. The number of carbonyl (C=O) groups excluding carboxylic acids is 2. The highest BCUT2D eigenvalue weighted by Gasteiger charge is 2.13. The lowest BCUT2D eigenvalue weighted by molar-refractivity contribution is -0.147. The van der Waals surface area contributed by atoms with Gasteiger partial charge in [-0.1, -0.05) is 11.6 Å². The van der Waals surface area contributed by atoms with Crippen LogP contribution in [0.25, 0.3) is 0 Å². The Labute approximate surface area is 96.1 Å². The van der Waals surface area contributed by atoms with E-state index in [1.165, 1.54) is 7.05 Å². The number of halogens is 1. The third-order valence-electron chi connectivity index (χ3n) is 1.44. The molecule has 0 atom stereocenters. The molecule has 15 heavy (non-hydrogen) atoms. The number of hydrogen-bond acceptors (Lipinski definition) is 4. The van der Waals surface area contributed by atoms with Gasteiger partial charge in [0, 0.05) is 17.0 Å². The van der Waals surface area contributed by atoms with Crippen LogP contribution in [0, 0.1) is 0 Å². The fourth-order valence-corrected chi connectivity index (χ4v) is 1.34. The minimum absolute atomic E-state index is 0.594. The Morgan fingerprint density at radius 3 is 2.47 bits per heavy atom. The fourth-order valence-electron chi connectivity index (χ4n) is 0.716. The molecule has 0 saturated heterocycles. The van der Waals surface area contributed by atoms with Crippen LogP contribution in [-0.4, -0.2) is 18.9 Å². The summed E-state index contributed by atoms with van der Waals surface area (Å²) in [4.78, 5) is 22.4. The summed E-state index contributed by atoms with van der Waals surface area (Å²) in [6, 6.07) is 6.70. The molecule has 0 spiro atoms. The SMILES string of the molecule is CNC(=O)C(=O)OSc1ccc(Cl)cc1. The number of carbonyl (C=O) groups is 2. The van der Waals surface area contributed by atoms with E-state index in [1.54, 1.807) is 24.3 Å². The van der Waals surface area contributed by atoms with Crippen molar-refractivity contribution in [3.8, 4) is 0 Å². The molecular formula is C9H8ClNO3S. The molecule has 0 radical (unpaired) electrons. The number of amides is 1. The van der Waals surface area contributed by atoms with Crippen LogP contribution in [0.15, 0.2) is 29.2 Å². The Morgan fingerprint density at radius 2 is 1.93 bits per heavy atom. The van der Waals surface area contributed by atoms with Crippen molar-refractivity contribution in [2.45, 2.75) is 4.90 Å². The van der Waals surface area contributed by atoms with Gasteiger partial charge in [0.1, 0.15) is 0 Å². The van der Waals surface area contributed by atoms with Gasteiger partial charge in [0.25, 0.3) is 0 Å². The summed E-state index contributed by atoms with van der Waals surface area (Å²) in [6.45, 7) is 0. The molecule has 1 N–H and O–H groups in total. The fraction of sp³-hybridized carbons (Fsp3) is 0.111. The summed E-state index contributed by atoms with van der Waals surface area (Å²) in [5, 5.41) is 2.76. The van der Waals surface area contributed by atoms with Crippen molar-refractivity contribution in [2.24, 2.45) is 0 Å². The van der Waals surface area contributed by atoms with Gasteiger partial charge in [0.15, 0.2) is 0 Å². The molecule has 0 aliphatic carbocycles. The largest absolute Gasteiger partial charge is 0.409 e. The molecule has 1 aromatic rings. The van der Waals surface area contributed by atoms with Crippen LogP contribution in [0.3, 0.4) is 0 Å². The summed E-state index contributed by atoms with van der Waals surface area (Å²) in [7, 11) is 1.36. The van der Waals surface area contributed by atoms with Gasteiger partial charge in [-0.3, -0.25) is 4.79 Å². The zero-order valence-corrected chi connectivity index (χ0v) is 9.39. The molecule has 0 heterocycles. The first-order chi connectivity index (χ1) is 7.13. The number of rotatable bonds is 2. The minimum Gasteiger partial charge on any atom is -0.379 e. The molecule has 0 bridgehead atoms. The van der Waals surface area contributed by atoms with E-state index < -0.39 is 11.9 Å². The summed E-state index contributed by atoms with van der Waals surface area (Å²) < 4.78 is 4.64. The highest BCUT2D eigenvalue weighted by Crippen LogP contribution is 2.21. The van der Waals surface area contributed by atoms with Gasteiger partial charge >= 0.3 is 11.9 Å². The van der Waals surface area contributed by atoms with Crippen molar-refractivity contribution in [1.29, 1.82) is 0 Å². The molecule has 0 aliphatic heterocycles. The number of likely N-dealkylation sites (N-methyl/N-ethyl adjacent to an activating group) is 1. The maximum atomic E-state index is 10.9. The zero-order valence-electron chi connectivity index (χ0n) is 7.82. The quantitative estimate of drug-likeness (QED) is 0.636. The lowest BCUT2D eigenvalue weighted by Crippen LogP contribution is -2.27. The molecule has 0 aromatic heterocycles. The molecule has 1 rings (SSSR count). The Balaban J connectivity index is 2.47. The van der Waals surface area contributed by atoms with Gasteiger partial charge in [-0.15, -0.1) is 0 Å². The molecular weight excluding hydrogens is 238 g/mol. The van der Waals surface area contributed by atoms with E-state index in [-0.39, 0.29) is 0 Å². The monoisotopic (exact) mass is 245 g/mol. The Kier molecular flexibility index (Phi) is 4.45. The van der Waals surface area contributed by atoms with Crippen molar-refractivity contribution < 1.29 is 13.8 Å². The van der Waals surface area contributed by atoms with Gasteiger partial charge in [-0.25, -0.2) is 4.79 Å². The van der Waals surface area contributed by atoms with E-state index in [2.05, 4.69) is 9.50 Å². The number of hydrogen-bond donors (Lipinski definition) is 1. The minimum atomic E-state index is -0.933. The maximum Gasteiger partial charge on any atom is 0.409 e. The zero-order chi connectivity index (χ0) is 11.3. The van der Waals surface area contributed by atoms with E-state index >= 15 is 0 Å². The molecule has 80 valence electrons. The van der Waals surface area contributed by atoms with Crippen LogP contribution in [0.4, 0.5) is 0 Å². The van der Waals surface area contributed by atoms with Crippen molar-refractivity contribution in [2.75, 3.05) is 7.05 Å². The van der Waals surface area contributed by atoms with Crippen molar-refractivity contribution in [1.82, 2.24) is 5.32 Å². The maximum absolute atomic E-state index is 10.9. The van der Waals surface area contributed by atoms with Crippen LogP contribution in [0.2, 0.25) is 5.02 Å². The first kappa shape index (κ1) is 11.9. The molecule has 0 saturated carbocycles. The lowest BCUT2D eigenvalue weighted by atomic mass is 10.4. The average molecular weight is 246 g/mol. The molecule has 1 amide bonds. The topological polar surface area (TPSA) is 55.4 Å². The Hall–Kier alpha value is -1.20. The van der Waals surface area contributed by atoms with Gasteiger partial charge in [0.05, 0.1) is 12.0 Å². The van der Waals surface area contributed by atoms with Gasteiger partial charge in [0.2, 0.25) is 0 Å². The molecule has 0 unspecified atom stereocenters. The van der Waals surface area contributed by atoms with E-state index in [9.17, 15) is 9.59 Å². The van der Waals surface area contributed by atoms with E-state index in [1.807, 2.05) is 0 Å². The van der Waals surface area contributed by atoms with Crippen LogP contribution in [0.1, 0.15) is 0 Å². The summed E-state index contributed by atoms with van der Waals surface area (Å²) in [6.07, 6.45) is 0. The average Bonchev–Trinajstić information content (AvgIpc) is 2.26. The van der Waals surface area contributed by atoms with Crippen LogP contribution in [0.5, 0.6) is 0 Å². The highest BCUT2D eigenvalue weighted by atomic mass is 35.5. The predicted molar refractivity (Wildman–Crippen MR) is 57.5 cm³/mol. The first-order valence-electron chi connectivity index (χ1n) is 3.99. The first-order valence-corrected chi connectivity index (χ1v) is 5.11. The lowest BCUT2D eigenvalue weighted by Gasteiger charge is -2.01. The van der Waals surface area contributed by atoms with Gasteiger partial charge in [-0.2, -0.15) is 0 Å². The molecule has 0 fully saturated rings. The molecule has 0 aliphatic rings. The second-order valence-corrected chi connectivity index (χ2v) is 3.73. The highest BCUT2D eigenvalue weighted by molar-refractivity contribution is 7.95. The predicted octanol–water partition coefficient (Wildman–Crippen LogP) is 1.64. The Morgan fingerprint density at radius 1 is 1.33 bits per heavy atom. The summed E-state index contributed by atoms with van der Waals surface area (Å²) in [5.74, 6) is -1.71. The third-order valence-corrected chi connectivity index (χ3v) is 2.39. The van der Waals surface area contributed by atoms with Gasteiger partial charge < -0.3 is 9.50 Å². The van der Waals surface area contributed by atoms with Gasteiger partial charge in [-0.05, 0) is 24.3 Å². The second-order valence-electron chi connectivity index (χ2n) is 2.49. The second kappa shape index (κ2) is 5.63. The number of nitrogens with one attached hydrogen (secondary N) is 1. The van der Waals surface area contributed by atoms with Crippen molar-refractivity contribution >= 4 is 35.5 Å². The summed E-state index contributed by atoms with van der Waals surface area (Å²) >= 11 is 6.48. The number of benzene rings is 1. The van der Waals surface area contributed by atoms with E-state index in [0.717, 1.165) is 12.0 Å². The van der Waals surface area contributed by atoms with Crippen LogP contribution in [-0.2, 0) is 13.8 Å². The smallest absolute Gasteiger partial charge is 0.379 e. The van der Waals surface area contributed by atoms with E-state index in [0.29, 0.717) is 9.92 Å². The van der Waals surface area contributed by atoms with Crippen LogP contribution < -0.4 is 5.32 Å². The Bertz CT molecular complexity index is 366. The van der Waals surface area contributed by atoms with E-state index in [4.69, 9.17) is 11.6 Å². The standard InChI is InChI=1S/C9H8ClNO3S/c1-11-8(12)9(13)14-15-7-4-2-6(10)3-5-7/h2-5H,1H3,(H,11,12). The normalized spacial score (nSPS) is 9.47. The summed E-state index contributed by atoms with van der Waals surface area (Å²) in [5.41, 5.74) is 0. The molecule has 1 aromatic carbocycles. The third kappa shape index (κ3) is 3.81. The van der Waals surface area contributed by atoms with Crippen LogP contribution >= 0.6 is 23.6 Å². The molecule has 4 nitrogen and oxygen atoms in total. The van der Waals surface area contributed by atoms with Crippen molar-refractivity contribution in [3.63, 3.8) is 0 Å². The van der Waals surface area contributed by atoms with Crippen molar-refractivity contribution in [3.05, 3.63) is 29.3 Å².